The molecule has 2 heterocycles. The van der Waals surface area contributed by atoms with Crippen molar-refractivity contribution in [1.29, 1.82) is 0 Å². The van der Waals surface area contributed by atoms with E-state index in [1.807, 2.05) is 80.6 Å². The van der Waals surface area contributed by atoms with Crippen LogP contribution in [0.25, 0.3) is 11.3 Å². The number of ether oxygens (including phenoxy) is 1. The molecule has 7 heteroatoms. The Bertz CT molecular complexity index is 1120. The minimum atomic E-state index is 0.577. The Morgan fingerprint density at radius 3 is 2.07 bits per heavy atom. The Labute approximate surface area is 175 Å². The molecule has 0 saturated carbocycles. The lowest BCUT2D eigenvalue weighted by Crippen LogP contribution is -2.01. The molecular weight excluding hydrogens is 376 g/mol. The zero-order chi connectivity index (χ0) is 20.9. The second kappa shape index (κ2) is 8.57. The van der Waals surface area contributed by atoms with Crippen LogP contribution >= 0.6 is 0 Å². The molecule has 4 aromatic rings. The van der Waals surface area contributed by atoms with Gasteiger partial charge in [-0.05, 0) is 74.5 Å². The number of benzene rings is 2. The van der Waals surface area contributed by atoms with Gasteiger partial charge in [-0.15, -0.1) is 10.2 Å². The molecule has 0 aliphatic heterocycles. The summed E-state index contributed by atoms with van der Waals surface area (Å²) in [7, 11) is 1.65. The molecule has 0 unspecified atom stereocenters. The highest BCUT2D eigenvalue weighted by atomic mass is 16.5. The lowest BCUT2D eigenvalue weighted by molar-refractivity contribution is 0.415. The van der Waals surface area contributed by atoms with Crippen LogP contribution in [0, 0.1) is 13.8 Å². The first-order chi connectivity index (χ1) is 14.6. The fourth-order valence-corrected chi connectivity index (χ4v) is 3.05. The zero-order valence-electron chi connectivity index (χ0n) is 17.0. The fraction of sp³-hybridized carbons (Fsp3) is 0.130. The monoisotopic (exact) mass is 398 g/mol. The molecule has 0 fully saturated rings. The molecule has 0 saturated heterocycles. The number of nitrogens with one attached hydrogen (secondary N) is 2. The first-order valence-corrected chi connectivity index (χ1v) is 9.53. The summed E-state index contributed by atoms with van der Waals surface area (Å²) in [5, 5.41) is 15.1. The quantitative estimate of drug-likeness (QED) is 0.470. The molecule has 2 aromatic heterocycles. The van der Waals surface area contributed by atoms with Crippen LogP contribution in [0.1, 0.15) is 11.4 Å². The maximum atomic E-state index is 5.19. The third kappa shape index (κ3) is 4.70. The molecular formula is C23H22N6O. The second-order valence-corrected chi connectivity index (χ2v) is 6.84. The van der Waals surface area contributed by atoms with Crippen molar-refractivity contribution in [3.05, 3.63) is 78.1 Å². The zero-order valence-corrected chi connectivity index (χ0v) is 17.0. The predicted octanol–water partition coefficient (Wildman–Crippen LogP) is 5.05. The van der Waals surface area contributed by atoms with E-state index >= 15 is 0 Å². The van der Waals surface area contributed by atoms with Gasteiger partial charge in [-0.25, -0.2) is 9.97 Å². The van der Waals surface area contributed by atoms with E-state index in [0.29, 0.717) is 11.8 Å². The third-order valence-electron chi connectivity index (χ3n) is 4.42. The van der Waals surface area contributed by atoms with Crippen molar-refractivity contribution in [3.8, 4) is 17.0 Å². The van der Waals surface area contributed by atoms with Gasteiger partial charge in [-0.1, -0.05) is 6.07 Å². The normalized spacial score (nSPS) is 10.5. The van der Waals surface area contributed by atoms with E-state index in [0.717, 1.165) is 39.8 Å². The molecule has 0 bridgehead atoms. The lowest BCUT2D eigenvalue weighted by atomic mass is 10.1. The Morgan fingerprint density at radius 2 is 1.43 bits per heavy atom. The Kier molecular flexibility index (Phi) is 5.52. The predicted molar refractivity (Wildman–Crippen MR) is 119 cm³/mol. The van der Waals surface area contributed by atoms with Crippen molar-refractivity contribution in [3.63, 3.8) is 0 Å². The van der Waals surface area contributed by atoms with Crippen LogP contribution in [0.4, 0.5) is 23.1 Å². The molecule has 0 spiro atoms. The number of nitrogens with zero attached hydrogens (tertiary/aromatic N) is 4. The Hall–Kier alpha value is -4.00. The number of anilines is 4. The average Bonchev–Trinajstić information content (AvgIpc) is 2.74. The van der Waals surface area contributed by atoms with Crippen LogP contribution in [-0.4, -0.2) is 27.3 Å². The highest BCUT2D eigenvalue weighted by Gasteiger charge is 2.04. The Morgan fingerprint density at radius 1 is 0.733 bits per heavy atom. The highest BCUT2D eigenvalue weighted by Crippen LogP contribution is 2.23. The summed E-state index contributed by atoms with van der Waals surface area (Å²) >= 11 is 0. The minimum absolute atomic E-state index is 0.577. The van der Waals surface area contributed by atoms with Crippen molar-refractivity contribution in [2.45, 2.75) is 13.8 Å². The molecule has 0 aliphatic rings. The average molecular weight is 398 g/mol. The number of hydrogen-bond acceptors (Lipinski definition) is 7. The van der Waals surface area contributed by atoms with E-state index in [4.69, 9.17) is 4.74 Å². The first-order valence-electron chi connectivity index (χ1n) is 9.53. The van der Waals surface area contributed by atoms with Gasteiger partial charge in [0.2, 0.25) is 5.95 Å². The summed E-state index contributed by atoms with van der Waals surface area (Å²) in [6.07, 6.45) is 0. The second-order valence-electron chi connectivity index (χ2n) is 6.84. The van der Waals surface area contributed by atoms with E-state index in [1.165, 1.54) is 0 Å². The molecule has 0 atom stereocenters. The molecule has 4 rings (SSSR count). The number of aryl methyl sites for hydroxylation is 2. The minimum Gasteiger partial charge on any atom is -0.497 e. The van der Waals surface area contributed by atoms with E-state index in [1.54, 1.807) is 7.11 Å². The van der Waals surface area contributed by atoms with Crippen LogP contribution in [0.5, 0.6) is 5.75 Å². The largest absolute Gasteiger partial charge is 0.497 e. The molecule has 2 aromatic carbocycles. The van der Waals surface area contributed by atoms with Gasteiger partial charge in [0.15, 0.2) is 5.82 Å². The van der Waals surface area contributed by atoms with Crippen LogP contribution < -0.4 is 15.4 Å². The van der Waals surface area contributed by atoms with Crippen molar-refractivity contribution in [2.24, 2.45) is 0 Å². The molecule has 0 radical (unpaired) electrons. The third-order valence-corrected chi connectivity index (χ3v) is 4.42. The summed E-state index contributed by atoms with van der Waals surface area (Å²) in [6.45, 7) is 3.90. The van der Waals surface area contributed by atoms with E-state index in [-0.39, 0.29) is 0 Å². The summed E-state index contributed by atoms with van der Waals surface area (Å²) in [5.74, 6) is 2.05. The van der Waals surface area contributed by atoms with Gasteiger partial charge in [0.05, 0.1) is 12.8 Å². The van der Waals surface area contributed by atoms with Gasteiger partial charge in [-0.2, -0.15) is 0 Å². The van der Waals surface area contributed by atoms with E-state index in [9.17, 15) is 0 Å². The number of rotatable bonds is 6. The maximum absolute atomic E-state index is 5.19. The molecule has 150 valence electrons. The molecule has 0 amide bonds. The van der Waals surface area contributed by atoms with Gasteiger partial charge in [0.1, 0.15) is 5.75 Å². The van der Waals surface area contributed by atoms with Crippen molar-refractivity contribution in [2.75, 3.05) is 17.7 Å². The van der Waals surface area contributed by atoms with Crippen LogP contribution in [-0.2, 0) is 0 Å². The van der Waals surface area contributed by atoms with Gasteiger partial charge in [0, 0.05) is 28.3 Å². The summed E-state index contributed by atoms with van der Waals surface area (Å²) in [4.78, 5) is 8.84. The van der Waals surface area contributed by atoms with E-state index in [2.05, 4.69) is 30.8 Å². The standard InChI is InChI=1S/C23H22N6O/c1-15-13-16(2)25-23(24-15)27-19-6-4-5-18(14-19)26-22-12-11-21(28-29-22)17-7-9-20(30-3)10-8-17/h4-14H,1-3H3,(H,26,29)(H,24,25,27). The molecule has 2 N–H and O–H groups in total. The van der Waals surface area contributed by atoms with E-state index < -0.39 is 0 Å². The topological polar surface area (TPSA) is 84.9 Å². The number of hydrogen-bond donors (Lipinski definition) is 2. The van der Waals surface area contributed by atoms with Crippen LogP contribution in [0.2, 0.25) is 0 Å². The Balaban J connectivity index is 1.47. The molecule has 30 heavy (non-hydrogen) atoms. The van der Waals surface area contributed by atoms with Crippen LogP contribution in [0.15, 0.2) is 66.7 Å². The van der Waals surface area contributed by atoms with Crippen LogP contribution in [0.3, 0.4) is 0 Å². The fourth-order valence-electron chi connectivity index (χ4n) is 3.05. The van der Waals surface area contributed by atoms with Crippen molar-refractivity contribution >= 4 is 23.1 Å². The van der Waals surface area contributed by atoms with Gasteiger partial charge < -0.3 is 15.4 Å². The van der Waals surface area contributed by atoms with Gasteiger partial charge >= 0.3 is 0 Å². The highest BCUT2D eigenvalue weighted by molar-refractivity contribution is 5.66. The SMILES string of the molecule is COc1ccc(-c2ccc(Nc3cccc(Nc4nc(C)cc(C)n4)c3)nn2)cc1. The smallest absolute Gasteiger partial charge is 0.227 e. The summed E-state index contributed by atoms with van der Waals surface area (Å²) in [5.41, 5.74) is 5.39. The number of aromatic nitrogens is 4. The van der Waals surface area contributed by atoms with Crippen molar-refractivity contribution in [1.82, 2.24) is 20.2 Å². The number of methoxy groups -OCH3 is 1. The molecule has 0 aliphatic carbocycles. The summed E-state index contributed by atoms with van der Waals surface area (Å²) < 4.78 is 5.19. The van der Waals surface area contributed by atoms with Gasteiger partial charge in [-0.3, -0.25) is 0 Å². The van der Waals surface area contributed by atoms with Crippen molar-refractivity contribution < 1.29 is 4.74 Å². The first kappa shape index (κ1) is 19.3. The van der Waals surface area contributed by atoms with Gasteiger partial charge in [0.25, 0.3) is 0 Å². The maximum Gasteiger partial charge on any atom is 0.227 e. The molecule has 7 nitrogen and oxygen atoms in total. The lowest BCUT2D eigenvalue weighted by Gasteiger charge is -2.10. The summed E-state index contributed by atoms with van der Waals surface area (Å²) in [6, 6.07) is 21.4.